The van der Waals surface area contributed by atoms with Gasteiger partial charge in [0.1, 0.15) is 12.1 Å². The first-order chi connectivity index (χ1) is 15.2. The van der Waals surface area contributed by atoms with Crippen molar-refractivity contribution in [2.24, 2.45) is 17.4 Å². The van der Waals surface area contributed by atoms with E-state index >= 15 is 0 Å². The highest BCUT2D eigenvalue weighted by atomic mass is 16.4. The molecule has 0 aromatic carbocycles. The Morgan fingerprint density at radius 2 is 1.91 bits per heavy atom. The normalized spacial score (nSPS) is 14.6. The van der Waals surface area contributed by atoms with Gasteiger partial charge in [0.25, 0.3) is 0 Å². The van der Waals surface area contributed by atoms with Crippen LogP contribution in [0, 0.1) is 5.92 Å². The molecule has 4 atom stereocenters. The van der Waals surface area contributed by atoms with E-state index in [9.17, 15) is 24.3 Å². The monoisotopic (exact) mass is 453 g/mol. The van der Waals surface area contributed by atoms with Crippen LogP contribution in [-0.2, 0) is 25.6 Å². The predicted molar refractivity (Wildman–Crippen MR) is 117 cm³/mol. The Morgan fingerprint density at radius 3 is 2.47 bits per heavy atom. The van der Waals surface area contributed by atoms with E-state index in [0.29, 0.717) is 37.9 Å². The Kier molecular flexibility index (Phi) is 12.0. The van der Waals surface area contributed by atoms with E-state index in [0.717, 1.165) is 0 Å². The lowest BCUT2D eigenvalue weighted by Crippen LogP contribution is -2.54. The summed E-state index contributed by atoms with van der Waals surface area (Å²) in [6.45, 7) is 3.56. The minimum absolute atomic E-state index is 0.220. The van der Waals surface area contributed by atoms with E-state index in [1.165, 1.54) is 6.33 Å². The maximum atomic E-state index is 12.6. The smallest absolute Gasteiger partial charge is 0.326 e. The summed E-state index contributed by atoms with van der Waals surface area (Å²) >= 11 is 0. The first-order valence-corrected chi connectivity index (χ1v) is 10.7. The number of nitrogens with one attached hydrogen (secondary N) is 4. The van der Waals surface area contributed by atoms with E-state index in [-0.39, 0.29) is 12.3 Å². The van der Waals surface area contributed by atoms with Crippen LogP contribution < -0.4 is 27.4 Å². The molecule has 1 heterocycles. The Morgan fingerprint density at radius 1 is 1.19 bits per heavy atom. The molecule has 4 unspecified atom stereocenters. The van der Waals surface area contributed by atoms with Crippen molar-refractivity contribution in [3.8, 4) is 0 Å². The number of carbonyl (C=O) groups excluding carboxylic acids is 3. The third-order valence-corrected chi connectivity index (χ3v) is 5.13. The molecule has 1 aromatic heterocycles. The summed E-state index contributed by atoms with van der Waals surface area (Å²) in [6, 6.07) is -2.85. The molecule has 0 fully saturated rings. The van der Waals surface area contributed by atoms with Gasteiger partial charge in [-0.25, -0.2) is 9.78 Å². The quantitative estimate of drug-likeness (QED) is 0.157. The molecule has 1 rings (SSSR count). The maximum absolute atomic E-state index is 12.6. The van der Waals surface area contributed by atoms with Gasteiger partial charge in [-0.2, -0.15) is 0 Å². The largest absolute Gasteiger partial charge is 0.480 e. The van der Waals surface area contributed by atoms with Crippen LogP contribution in [0.1, 0.15) is 45.2 Å². The lowest BCUT2D eigenvalue weighted by molar-refractivity contribution is -0.143. The van der Waals surface area contributed by atoms with Crippen LogP contribution in [0.4, 0.5) is 0 Å². The lowest BCUT2D eigenvalue weighted by Gasteiger charge is -2.22. The van der Waals surface area contributed by atoms with Gasteiger partial charge in [-0.3, -0.25) is 14.4 Å². The number of nitrogens with two attached hydrogens (primary N) is 2. The maximum Gasteiger partial charge on any atom is 0.326 e. The molecule has 0 aliphatic carbocycles. The first kappa shape index (κ1) is 27.0. The van der Waals surface area contributed by atoms with Gasteiger partial charge in [0.15, 0.2) is 0 Å². The highest BCUT2D eigenvalue weighted by Crippen LogP contribution is 2.08. The molecule has 0 aliphatic rings. The van der Waals surface area contributed by atoms with Crippen molar-refractivity contribution in [1.29, 1.82) is 0 Å². The van der Waals surface area contributed by atoms with E-state index < -0.39 is 48.4 Å². The highest BCUT2D eigenvalue weighted by Gasteiger charge is 2.27. The first-order valence-electron chi connectivity index (χ1n) is 10.7. The number of amides is 3. The summed E-state index contributed by atoms with van der Waals surface area (Å²) in [7, 11) is 0. The molecule has 180 valence electrons. The van der Waals surface area contributed by atoms with Gasteiger partial charge < -0.3 is 37.5 Å². The number of unbranched alkanes of at least 4 members (excludes halogenated alkanes) is 1. The van der Waals surface area contributed by atoms with Gasteiger partial charge in [0, 0.05) is 18.3 Å². The second kappa shape index (κ2) is 14.1. The van der Waals surface area contributed by atoms with Gasteiger partial charge in [-0.1, -0.05) is 20.3 Å². The summed E-state index contributed by atoms with van der Waals surface area (Å²) in [6.07, 6.45) is 5.39. The summed E-state index contributed by atoms with van der Waals surface area (Å²) < 4.78 is 0. The van der Waals surface area contributed by atoms with E-state index in [2.05, 4.69) is 25.9 Å². The van der Waals surface area contributed by atoms with Gasteiger partial charge in [0.2, 0.25) is 17.7 Å². The molecule has 12 heteroatoms. The van der Waals surface area contributed by atoms with Crippen molar-refractivity contribution < 1.29 is 24.3 Å². The number of H-pyrrole nitrogens is 1. The molecule has 0 radical (unpaired) electrons. The number of carbonyl (C=O) groups is 4. The second-order valence-electron chi connectivity index (χ2n) is 7.72. The summed E-state index contributed by atoms with van der Waals surface area (Å²) in [5, 5.41) is 16.8. The average Bonchev–Trinajstić information content (AvgIpc) is 3.27. The third kappa shape index (κ3) is 9.43. The SMILES string of the molecule is CCC(C)C(NC(=O)CNC(=O)C(CCCCN)NC(=O)C(N)Cc1cnc[nH]1)C(=O)O. The van der Waals surface area contributed by atoms with Crippen molar-refractivity contribution >= 4 is 23.7 Å². The van der Waals surface area contributed by atoms with E-state index in [1.54, 1.807) is 13.1 Å². The fraction of sp³-hybridized carbons (Fsp3) is 0.650. The molecule has 0 saturated carbocycles. The van der Waals surface area contributed by atoms with Crippen LogP contribution in [0.25, 0.3) is 0 Å². The van der Waals surface area contributed by atoms with Gasteiger partial charge >= 0.3 is 5.97 Å². The number of carboxylic acid groups (broad SMARTS) is 1. The zero-order valence-electron chi connectivity index (χ0n) is 18.6. The van der Waals surface area contributed by atoms with Crippen molar-refractivity contribution in [2.75, 3.05) is 13.1 Å². The number of aromatic amines is 1. The number of hydrogen-bond donors (Lipinski definition) is 7. The van der Waals surface area contributed by atoms with Crippen molar-refractivity contribution in [1.82, 2.24) is 25.9 Å². The number of hydrogen-bond acceptors (Lipinski definition) is 7. The molecular formula is C20H35N7O5. The molecular weight excluding hydrogens is 418 g/mol. The second-order valence-corrected chi connectivity index (χ2v) is 7.72. The number of nitrogens with zero attached hydrogens (tertiary/aromatic N) is 1. The minimum Gasteiger partial charge on any atom is -0.480 e. The minimum atomic E-state index is -1.14. The molecule has 0 spiro atoms. The molecule has 3 amide bonds. The molecule has 0 saturated heterocycles. The number of carboxylic acids is 1. The average molecular weight is 454 g/mol. The molecule has 1 aromatic rings. The van der Waals surface area contributed by atoms with Gasteiger partial charge in [0.05, 0.1) is 18.9 Å². The van der Waals surface area contributed by atoms with Crippen molar-refractivity contribution in [3.63, 3.8) is 0 Å². The summed E-state index contributed by atoms with van der Waals surface area (Å²) in [5.74, 6) is -3.12. The number of imidazole rings is 1. The summed E-state index contributed by atoms with van der Waals surface area (Å²) in [5.41, 5.74) is 12.1. The Bertz CT molecular complexity index is 741. The molecule has 0 bridgehead atoms. The fourth-order valence-electron chi connectivity index (χ4n) is 2.96. The molecule has 12 nitrogen and oxygen atoms in total. The molecule has 9 N–H and O–H groups in total. The Balaban J connectivity index is 2.66. The van der Waals surface area contributed by atoms with Crippen LogP contribution in [0.15, 0.2) is 12.5 Å². The Labute approximate surface area is 187 Å². The topological polar surface area (TPSA) is 205 Å². The zero-order valence-corrected chi connectivity index (χ0v) is 18.6. The standard InChI is InChI=1S/C20H35N7O5/c1-3-12(2)17(20(31)32)27-16(28)10-24-19(30)15(6-4-5-7-21)26-18(29)14(22)8-13-9-23-11-25-13/h9,11-12,14-15,17H,3-8,10,21-22H2,1-2H3,(H,23,25)(H,24,30)(H,26,29)(H,27,28)(H,31,32). The highest BCUT2D eigenvalue weighted by molar-refractivity contribution is 5.92. The molecule has 0 aliphatic heterocycles. The van der Waals surface area contributed by atoms with Gasteiger partial charge in [-0.15, -0.1) is 0 Å². The third-order valence-electron chi connectivity index (χ3n) is 5.13. The fourth-order valence-corrected chi connectivity index (χ4v) is 2.96. The van der Waals surface area contributed by atoms with Crippen LogP contribution in [0.2, 0.25) is 0 Å². The van der Waals surface area contributed by atoms with Crippen molar-refractivity contribution in [3.05, 3.63) is 18.2 Å². The predicted octanol–water partition coefficient (Wildman–Crippen LogP) is -1.37. The van der Waals surface area contributed by atoms with Crippen molar-refractivity contribution in [2.45, 2.75) is 64.1 Å². The summed E-state index contributed by atoms with van der Waals surface area (Å²) in [4.78, 5) is 55.3. The molecule has 32 heavy (non-hydrogen) atoms. The number of rotatable bonds is 15. The van der Waals surface area contributed by atoms with Gasteiger partial charge in [-0.05, 0) is 31.7 Å². The van der Waals surface area contributed by atoms with Crippen LogP contribution >= 0.6 is 0 Å². The number of aromatic nitrogens is 2. The Hall–Kier alpha value is -2.99. The van der Waals surface area contributed by atoms with Crippen LogP contribution in [-0.4, -0.2) is 70.0 Å². The zero-order chi connectivity index (χ0) is 24.1. The van der Waals surface area contributed by atoms with Crippen LogP contribution in [0.3, 0.4) is 0 Å². The number of aliphatic carboxylic acids is 1. The van der Waals surface area contributed by atoms with Crippen LogP contribution in [0.5, 0.6) is 0 Å². The van der Waals surface area contributed by atoms with E-state index in [4.69, 9.17) is 11.5 Å². The lowest BCUT2D eigenvalue weighted by atomic mass is 9.99. The van der Waals surface area contributed by atoms with E-state index in [1.807, 2.05) is 6.92 Å².